The van der Waals surface area contributed by atoms with Gasteiger partial charge in [0.1, 0.15) is 24.5 Å². The number of ether oxygens (including phenoxy) is 3. The molecule has 0 N–H and O–H groups in total. The average molecular weight is 426 g/mol. The summed E-state index contributed by atoms with van der Waals surface area (Å²) in [4.78, 5) is 39.4. The molecule has 0 aromatic heterocycles. The molecular formula is C23H39NO6. The van der Waals surface area contributed by atoms with Gasteiger partial charge < -0.3 is 23.9 Å². The first kappa shape index (κ1) is 24.8. The number of amides is 1. The van der Waals surface area contributed by atoms with Crippen molar-refractivity contribution in [2.24, 2.45) is 17.3 Å². The standard InChI is InChI=1S/C23H39NO6/c1-17-14-18(9-13-25)23(20(15-17)29-16-28-5)10-7-12-24(11-6-8-19(23)26)21(27)30-22(2,3)4/h13,17-18,20H,6-12,14-16H2,1-5H3/t17-,18-,20+,23+/m1/s1. The van der Waals surface area contributed by atoms with Crippen LogP contribution >= 0.6 is 0 Å². The molecule has 0 aromatic rings. The van der Waals surface area contributed by atoms with Crippen LogP contribution in [-0.2, 0) is 23.8 Å². The van der Waals surface area contributed by atoms with E-state index in [4.69, 9.17) is 14.2 Å². The Balaban J connectivity index is 2.27. The summed E-state index contributed by atoms with van der Waals surface area (Å²) >= 11 is 0. The summed E-state index contributed by atoms with van der Waals surface area (Å²) in [6, 6.07) is 0. The van der Waals surface area contributed by atoms with E-state index in [0.29, 0.717) is 51.1 Å². The maximum Gasteiger partial charge on any atom is 0.410 e. The summed E-state index contributed by atoms with van der Waals surface area (Å²) in [6.07, 6.45) is 4.53. The SMILES string of the molecule is COCO[C@H]1C[C@H](C)C[C@@H](CC=O)[C@]12CCCN(C(=O)OC(C)(C)C)CCCC2=O. The highest BCUT2D eigenvalue weighted by Crippen LogP contribution is 2.51. The van der Waals surface area contributed by atoms with Crippen molar-refractivity contribution in [3.63, 3.8) is 0 Å². The summed E-state index contributed by atoms with van der Waals surface area (Å²) in [6.45, 7) is 8.86. The third kappa shape index (κ3) is 6.03. The van der Waals surface area contributed by atoms with Gasteiger partial charge in [-0.25, -0.2) is 4.79 Å². The van der Waals surface area contributed by atoms with Gasteiger partial charge in [0.15, 0.2) is 0 Å². The number of carbonyl (C=O) groups is 3. The van der Waals surface area contributed by atoms with Crippen LogP contribution in [0.15, 0.2) is 0 Å². The molecule has 7 heteroatoms. The fourth-order valence-electron chi connectivity index (χ4n) is 5.18. The van der Waals surface area contributed by atoms with Crippen molar-refractivity contribution < 1.29 is 28.6 Å². The number of hydrogen-bond donors (Lipinski definition) is 0. The predicted molar refractivity (Wildman–Crippen MR) is 113 cm³/mol. The lowest BCUT2D eigenvalue weighted by Gasteiger charge is -2.50. The summed E-state index contributed by atoms with van der Waals surface area (Å²) in [5.41, 5.74) is -1.25. The molecule has 2 fully saturated rings. The fourth-order valence-corrected chi connectivity index (χ4v) is 5.18. The molecule has 30 heavy (non-hydrogen) atoms. The number of hydrogen-bond acceptors (Lipinski definition) is 6. The normalized spacial score (nSPS) is 31.0. The molecule has 0 aromatic carbocycles. The minimum absolute atomic E-state index is 0.0406. The van der Waals surface area contributed by atoms with Crippen LogP contribution in [0.2, 0.25) is 0 Å². The zero-order valence-corrected chi connectivity index (χ0v) is 19.3. The molecule has 1 spiro atoms. The van der Waals surface area contributed by atoms with Crippen molar-refractivity contribution in [2.45, 2.75) is 84.3 Å². The topological polar surface area (TPSA) is 82.1 Å². The number of ketones is 1. The Labute approximate surface area is 180 Å². The zero-order valence-electron chi connectivity index (χ0n) is 19.3. The first-order chi connectivity index (χ1) is 14.1. The Bertz CT molecular complexity index is 601. The first-order valence-corrected chi connectivity index (χ1v) is 11.2. The van der Waals surface area contributed by atoms with Crippen molar-refractivity contribution in [1.29, 1.82) is 0 Å². The molecule has 0 radical (unpaired) electrons. The monoisotopic (exact) mass is 425 g/mol. The maximum atomic E-state index is 13.6. The molecule has 1 amide bonds. The van der Waals surface area contributed by atoms with Gasteiger partial charge in [-0.3, -0.25) is 4.79 Å². The second kappa shape index (κ2) is 10.7. The minimum Gasteiger partial charge on any atom is -0.444 e. The molecule has 0 bridgehead atoms. The summed E-state index contributed by atoms with van der Waals surface area (Å²) in [5, 5.41) is 0. The highest BCUT2D eigenvalue weighted by atomic mass is 16.7. The number of Topliss-reactive ketones (excluding diaryl/α,β-unsaturated/α-hetero) is 1. The number of carbonyl (C=O) groups excluding carboxylic acids is 3. The highest BCUT2D eigenvalue weighted by molar-refractivity contribution is 5.86. The van der Waals surface area contributed by atoms with Gasteiger partial charge in [0.2, 0.25) is 0 Å². The quantitative estimate of drug-likeness (QED) is 0.489. The van der Waals surface area contributed by atoms with E-state index >= 15 is 0 Å². The molecule has 7 nitrogen and oxygen atoms in total. The predicted octanol–water partition coefficient (Wildman–Crippen LogP) is 3.98. The number of aldehydes is 1. The van der Waals surface area contributed by atoms with Crippen molar-refractivity contribution in [2.75, 3.05) is 27.0 Å². The van der Waals surface area contributed by atoms with Crippen LogP contribution in [0.25, 0.3) is 0 Å². The molecule has 1 saturated carbocycles. The van der Waals surface area contributed by atoms with E-state index in [9.17, 15) is 14.4 Å². The second-order valence-electron chi connectivity index (χ2n) is 9.88. The zero-order chi connectivity index (χ0) is 22.4. The van der Waals surface area contributed by atoms with Crippen LogP contribution in [0.4, 0.5) is 4.79 Å². The molecule has 1 aliphatic carbocycles. The van der Waals surface area contributed by atoms with Gasteiger partial charge in [0.25, 0.3) is 0 Å². The molecule has 1 heterocycles. The van der Waals surface area contributed by atoms with Crippen molar-refractivity contribution in [3.8, 4) is 0 Å². The van der Waals surface area contributed by atoms with Crippen LogP contribution in [0.3, 0.4) is 0 Å². The molecule has 1 aliphatic heterocycles. The Morgan fingerprint density at radius 2 is 1.93 bits per heavy atom. The third-order valence-electron chi connectivity index (χ3n) is 6.40. The average Bonchev–Trinajstić information content (AvgIpc) is 2.72. The second-order valence-corrected chi connectivity index (χ2v) is 9.88. The highest BCUT2D eigenvalue weighted by Gasteiger charge is 2.54. The molecule has 172 valence electrons. The Kier molecular flexibility index (Phi) is 8.85. The first-order valence-electron chi connectivity index (χ1n) is 11.2. The van der Waals surface area contributed by atoms with Gasteiger partial charge >= 0.3 is 6.09 Å². The molecule has 1 saturated heterocycles. The lowest BCUT2D eigenvalue weighted by atomic mass is 9.56. The summed E-state index contributed by atoms with van der Waals surface area (Å²) in [5.74, 6) is 0.496. The maximum absolute atomic E-state index is 13.6. The lowest BCUT2D eigenvalue weighted by Crippen LogP contribution is -2.54. The van der Waals surface area contributed by atoms with E-state index in [2.05, 4.69) is 6.92 Å². The van der Waals surface area contributed by atoms with Gasteiger partial charge in [0, 0.05) is 33.0 Å². The van der Waals surface area contributed by atoms with Crippen LogP contribution in [-0.4, -0.2) is 61.8 Å². The van der Waals surface area contributed by atoms with Crippen molar-refractivity contribution in [3.05, 3.63) is 0 Å². The van der Waals surface area contributed by atoms with E-state index < -0.39 is 11.0 Å². The van der Waals surface area contributed by atoms with Gasteiger partial charge in [-0.15, -0.1) is 0 Å². The van der Waals surface area contributed by atoms with Crippen molar-refractivity contribution >= 4 is 18.2 Å². The Hall–Kier alpha value is -1.47. The molecule has 4 atom stereocenters. The van der Waals surface area contributed by atoms with Gasteiger partial charge in [-0.05, 0) is 64.7 Å². The minimum atomic E-state index is -0.699. The Morgan fingerprint density at radius 3 is 2.57 bits per heavy atom. The van der Waals surface area contributed by atoms with E-state index in [1.807, 2.05) is 20.8 Å². The number of methoxy groups -OCH3 is 1. The van der Waals surface area contributed by atoms with E-state index in [0.717, 1.165) is 19.1 Å². The summed E-state index contributed by atoms with van der Waals surface area (Å²) < 4.78 is 16.7. The van der Waals surface area contributed by atoms with Crippen LogP contribution in [0.1, 0.15) is 72.6 Å². The largest absolute Gasteiger partial charge is 0.444 e. The van der Waals surface area contributed by atoms with Crippen LogP contribution < -0.4 is 0 Å². The van der Waals surface area contributed by atoms with E-state index in [-0.39, 0.29) is 30.7 Å². The molecule has 2 rings (SSSR count). The van der Waals surface area contributed by atoms with Gasteiger partial charge in [-0.2, -0.15) is 0 Å². The number of nitrogens with zero attached hydrogens (tertiary/aromatic N) is 1. The van der Waals surface area contributed by atoms with Crippen LogP contribution in [0.5, 0.6) is 0 Å². The van der Waals surface area contributed by atoms with Gasteiger partial charge in [-0.1, -0.05) is 6.92 Å². The van der Waals surface area contributed by atoms with Gasteiger partial charge in [0.05, 0.1) is 11.5 Å². The third-order valence-corrected chi connectivity index (χ3v) is 6.40. The summed E-state index contributed by atoms with van der Waals surface area (Å²) in [7, 11) is 1.57. The fraction of sp³-hybridized carbons (Fsp3) is 0.870. The number of rotatable bonds is 5. The van der Waals surface area contributed by atoms with E-state index in [1.165, 1.54) is 0 Å². The smallest absolute Gasteiger partial charge is 0.410 e. The van der Waals surface area contributed by atoms with Crippen molar-refractivity contribution in [1.82, 2.24) is 4.90 Å². The van der Waals surface area contributed by atoms with E-state index in [1.54, 1.807) is 12.0 Å². The molecule has 0 unspecified atom stereocenters. The molecule has 2 aliphatic rings. The van der Waals surface area contributed by atoms with Crippen LogP contribution in [0, 0.1) is 17.3 Å². The molecular weight excluding hydrogens is 386 g/mol. The lowest BCUT2D eigenvalue weighted by molar-refractivity contribution is -0.176. The Morgan fingerprint density at radius 1 is 1.23 bits per heavy atom.